The first-order valence-corrected chi connectivity index (χ1v) is 6.65. The van der Waals surface area contributed by atoms with Gasteiger partial charge in [-0.25, -0.2) is 0 Å². The summed E-state index contributed by atoms with van der Waals surface area (Å²) < 4.78 is 11.2. The van der Waals surface area contributed by atoms with Crippen LogP contribution in [0.15, 0.2) is 24.3 Å². The molecule has 2 atom stereocenters. The van der Waals surface area contributed by atoms with Crippen molar-refractivity contribution in [3.05, 3.63) is 29.8 Å². The van der Waals surface area contributed by atoms with Crippen LogP contribution in [0.4, 0.5) is 0 Å². The Kier molecular flexibility index (Phi) is 4.25. The molecule has 0 bridgehead atoms. The first kappa shape index (κ1) is 13.4. The summed E-state index contributed by atoms with van der Waals surface area (Å²) in [5.74, 6) is 0.940. The van der Waals surface area contributed by atoms with Crippen molar-refractivity contribution in [3.63, 3.8) is 0 Å². The van der Waals surface area contributed by atoms with E-state index in [-0.39, 0.29) is 11.6 Å². The molecule has 1 aromatic rings. The maximum atomic E-state index is 5.79. The highest BCUT2D eigenvalue weighted by Crippen LogP contribution is 2.27. The van der Waals surface area contributed by atoms with Crippen LogP contribution in [0.25, 0.3) is 0 Å². The highest BCUT2D eigenvalue weighted by molar-refractivity contribution is 5.35. The molecule has 3 heteroatoms. The first-order valence-electron chi connectivity index (χ1n) is 6.65. The molecule has 1 fully saturated rings. The summed E-state index contributed by atoms with van der Waals surface area (Å²) >= 11 is 0. The SMILES string of the molecule is COc1ccccc1C(C)NCC1(C)CCCO1. The molecule has 0 spiro atoms. The number of methoxy groups -OCH3 is 1. The Hall–Kier alpha value is -1.06. The van der Waals surface area contributed by atoms with Gasteiger partial charge >= 0.3 is 0 Å². The van der Waals surface area contributed by atoms with Crippen molar-refractivity contribution in [1.82, 2.24) is 5.32 Å². The molecule has 100 valence electrons. The molecule has 1 aliphatic heterocycles. The van der Waals surface area contributed by atoms with Crippen molar-refractivity contribution in [2.45, 2.75) is 38.3 Å². The predicted molar refractivity (Wildman–Crippen MR) is 73.0 cm³/mol. The van der Waals surface area contributed by atoms with E-state index in [9.17, 15) is 0 Å². The van der Waals surface area contributed by atoms with Gasteiger partial charge in [0.05, 0.1) is 12.7 Å². The molecule has 2 unspecified atom stereocenters. The van der Waals surface area contributed by atoms with E-state index in [0.717, 1.165) is 25.3 Å². The van der Waals surface area contributed by atoms with Crippen molar-refractivity contribution in [1.29, 1.82) is 0 Å². The summed E-state index contributed by atoms with van der Waals surface area (Å²) in [7, 11) is 1.72. The van der Waals surface area contributed by atoms with Gasteiger partial charge in [-0.3, -0.25) is 0 Å². The maximum Gasteiger partial charge on any atom is 0.123 e. The van der Waals surface area contributed by atoms with Crippen LogP contribution in [0, 0.1) is 0 Å². The first-order chi connectivity index (χ1) is 8.64. The minimum atomic E-state index is -0.00369. The van der Waals surface area contributed by atoms with Crippen LogP contribution in [0.2, 0.25) is 0 Å². The van der Waals surface area contributed by atoms with Gasteiger partial charge in [-0.1, -0.05) is 18.2 Å². The van der Waals surface area contributed by atoms with E-state index in [4.69, 9.17) is 9.47 Å². The van der Waals surface area contributed by atoms with Gasteiger partial charge in [-0.15, -0.1) is 0 Å². The number of benzene rings is 1. The maximum absolute atomic E-state index is 5.79. The summed E-state index contributed by atoms with van der Waals surface area (Å²) in [6.07, 6.45) is 2.31. The van der Waals surface area contributed by atoms with Gasteiger partial charge < -0.3 is 14.8 Å². The highest BCUT2D eigenvalue weighted by Gasteiger charge is 2.30. The van der Waals surface area contributed by atoms with Gasteiger partial charge in [-0.2, -0.15) is 0 Å². The van der Waals surface area contributed by atoms with Gasteiger partial charge in [0, 0.05) is 24.8 Å². The number of rotatable bonds is 5. The third-order valence-electron chi connectivity index (χ3n) is 3.69. The molecule has 1 aliphatic rings. The topological polar surface area (TPSA) is 30.5 Å². The summed E-state index contributed by atoms with van der Waals surface area (Å²) in [6.45, 7) is 6.12. The molecular formula is C15H23NO2. The number of ether oxygens (including phenoxy) is 2. The molecule has 0 aliphatic carbocycles. The lowest BCUT2D eigenvalue weighted by Gasteiger charge is -2.26. The third kappa shape index (κ3) is 3.03. The fraction of sp³-hybridized carbons (Fsp3) is 0.600. The average Bonchev–Trinajstić information content (AvgIpc) is 2.83. The highest BCUT2D eigenvalue weighted by atomic mass is 16.5. The summed E-state index contributed by atoms with van der Waals surface area (Å²) in [6, 6.07) is 8.41. The van der Waals surface area contributed by atoms with Crippen molar-refractivity contribution in [2.24, 2.45) is 0 Å². The lowest BCUT2D eigenvalue weighted by atomic mass is 10.0. The van der Waals surface area contributed by atoms with Crippen molar-refractivity contribution in [3.8, 4) is 5.75 Å². The van der Waals surface area contributed by atoms with Crippen LogP contribution in [0.1, 0.15) is 38.3 Å². The van der Waals surface area contributed by atoms with Crippen molar-refractivity contribution < 1.29 is 9.47 Å². The van der Waals surface area contributed by atoms with E-state index < -0.39 is 0 Å². The third-order valence-corrected chi connectivity index (χ3v) is 3.69. The monoisotopic (exact) mass is 249 g/mol. The van der Waals surface area contributed by atoms with Crippen LogP contribution in [0.5, 0.6) is 5.75 Å². The van der Waals surface area contributed by atoms with Gasteiger partial charge in [0.2, 0.25) is 0 Å². The molecular weight excluding hydrogens is 226 g/mol. The van der Waals surface area contributed by atoms with E-state index >= 15 is 0 Å². The van der Waals surface area contributed by atoms with Gasteiger partial charge in [0.1, 0.15) is 5.75 Å². The molecule has 1 aromatic carbocycles. The summed E-state index contributed by atoms with van der Waals surface area (Å²) in [4.78, 5) is 0. The largest absolute Gasteiger partial charge is 0.496 e. The zero-order valence-electron chi connectivity index (χ0n) is 11.5. The van der Waals surface area contributed by atoms with E-state index in [2.05, 4.69) is 25.2 Å². The minimum absolute atomic E-state index is 0.00369. The predicted octanol–water partition coefficient (Wildman–Crippen LogP) is 2.91. The molecule has 1 saturated heterocycles. The second kappa shape index (κ2) is 5.72. The lowest BCUT2D eigenvalue weighted by Crippen LogP contribution is -2.38. The Morgan fingerprint density at radius 1 is 1.44 bits per heavy atom. The Labute approximate surface area is 109 Å². The van der Waals surface area contributed by atoms with Crippen LogP contribution in [0.3, 0.4) is 0 Å². The van der Waals surface area contributed by atoms with E-state index in [1.807, 2.05) is 18.2 Å². The smallest absolute Gasteiger partial charge is 0.123 e. The van der Waals surface area contributed by atoms with Crippen LogP contribution in [-0.2, 0) is 4.74 Å². The quantitative estimate of drug-likeness (QED) is 0.870. The summed E-state index contributed by atoms with van der Waals surface area (Å²) in [5.41, 5.74) is 1.19. The number of nitrogens with one attached hydrogen (secondary N) is 1. The van der Waals surface area contributed by atoms with Gasteiger partial charge in [0.15, 0.2) is 0 Å². The normalized spacial score (nSPS) is 25.1. The Morgan fingerprint density at radius 3 is 2.89 bits per heavy atom. The molecule has 0 aromatic heterocycles. The van der Waals surface area contributed by atoms with Crippen LogP contribution < -0.4 is 10.1 Å². The molecule has 1 heterocycles. The zero-order chi connectivity index (χ0) is 13.0. The number of hydrogen-bond acceptors (Lipinski definition) is 3. The molecule has 1 N–H and O–H groups in total. The molecule has 2 rings (SSSR count). The lowest BCUT2D eigenvalue weighted by molar-refractivity contribution is 0.0190. The van der Waals surface area contributed by atoms with E-state index in [1.165, 1.54) is 12.0 Å². The minimum Gasteiger partial charge on any atom is -0.496 e. The van der Waals surface area contributed by atoms with Crippen LogP contribution in [-0.4, -0.2) is 25.9 Å². The molecule has 3 nitrogen and oxygen atoms in total. The average molecular weight is 249 g/mol. The fourth-order valence-corrected chi connectivity index (χ4v) is 2.48. The number of para-hydroxylation sites is 1. The molecule has 0 saturated carbocycles. The van der Waals surface area contributed by atoms with Crippen molar-refractivity contribution >= 4 is 0 Å². The summed E-state index contributed by atoms with van der Waals surface area (Å²) in [5, 5.41) is 3.55. The van der Waals surface area contributed by atoms with Crippen molar-refractivity contribution in [2.75, 3.05) is 20.3 Å². The Bertz CT molecular complexity index is 386. The fourth-order valence-electron chi connectivity index (χ4n) is 2.48. The molecule has 0 amide bonds. The Morgan fingerprint density at radius 2 is 2.22 bits per heavy atom. The van der Waals surface area contributed by atoms with E-state index in [0.29, 0.717) is 0 Å². The Balaban J connectivity index is 1.96. The number of hydrogen-bond donors (Lipinski definition) is 1. The van der Waals surface area contributed by atoms with Crippen LogP contribution >= 0.6 is 0 Å². The molecule has 18 heavy (non-hydrogen) atoms. The standard InChI is InChI=1S/C15H23NO2/c1-12(13-7-4-5-8-14(13)17-3)16-11-15(2)9-6-10-18-15/h4-5,7-8,12,16H,6,9-11H2,1-3H3. The van der Waals surface area contributed by atoms with Gasteiger partial charge in [-0.05, 0) is 32.8 Å². The zero-order valence-corrected chi connectivity index (χ0v) is 11.5. The van der Waals surface area contributed by atoms with E-state index in [1.54, 1.807) is 7.11 Å². The second-order valence-corrected chi connectivity index (χ2v) is 5.25. The molecule has 0 radical (unpaired) electrons. The second-order valence-electron chi connectivity index (χ2n) is 5.25. The van der Waals surface area contributed by atoms with Gasteiger partial charge in [0.25, 0.3) is 0 Å².